The van der Waals surface area contributed by atoms with E-state index in [4.69, 9.17) is 5.21 Å². The Morgan fingerprint density at radius 1 is 1.16 bits per heavy atom. The van der Waals surface area contributed by atoms with Crippen LogP contribution in [-0.4, -0.2) is 35.0 Å². The maximum atomic E-state index is 12.8. The van der Waals surface area contributed by atoms with Crippen molar-refractivity contribution in [3.05, 3.63) is 48.2 Å². The van der Waals surface area contributed by atoms with Crippen molar-refractivity contribution in [2.75, 3.05) is 22.9 Å². The lowest BCUT2D eigenvalue weighted by Crippen LogP contribution is -2.44. The summed E-state index contributed by atoms with van der Waals surface area (Å²) in [4.78, 5) is 8.47. The zero-order valence-corrected chi connectivity index (χ0v) is 13.1. The first-order valence-electron chi connectivity index (χ1n) is 7.83. The fourth-order valence-electron chi connectivity index (χ4n) is 3.46. The maximum absolute atomic E-state index is 12.8. The van der Waals surface area contributed by atoms with Gasteiger partial charge in [0.25, 0.3) is 0 Å². The average molecular weight is 348 g/mol. The van der Waals surface area contributed by atoms with Crippen LogP contribution in [0.15, 0.2) is 47.8 Å². The molecule has 1 atom stereocenters. The Kier molecular flexibility index (Phi) is 3.55. The third kappa shape index (κ3) is 2.67. The molecule has 0 amide bonds. The molecule has 2 aliphatic heterocycles. The molecule has 2 aromatic rings. The van der Waals surface area contributed by atoms with Gasteiger partial charge in [0.05, 0.1) is 29.5 Å². The van der Waals surface area contributed by atoms with Gasteiger partial charge in [-0.3, -0.25) is 0 Å². The summed E-state index contributed by atoms with van der Waals surface area (Å²) in [6.45, 7) is 1.09. The first-order valence-corrected chi connectivity index (χ1v) is 7.83. The zero-order valence-electron chi connectivity index (χ0n) is 13.1. The van der Waals surface area contributed by atoms with E-state index in [-0.39, 0.29) is 6.04 Å². The largest absolute Gasteiger partial charge is 0.416 e. The molecule has 0 spiro atoms. The van der Waals surface area contributed by atoms with Gasteiger partial charge in [0.15, 0.2) is 5.82 Å². The molecular formula is C17H15F3N4O. The number of benzene rings is 1. The third-order valence-corrected chi connectivity index (χ3v) is 4.63. The third-order valence-electron chi connectivity index (χ3n) is 4.63. The van der Waals surface area contributed by atoms with Crippen molar-refractivity contribution in [2.24, 2.45) is 5.16 Å². The van der Waals surface area contributed by atoms with Crippen LogP contribution in [0.4, 0.5) is 30.4 Å². The van der Waals surface area contributed by atoms with Crippen LogP contribution in [0.2, 0.25) is 0 Å². The molecule has 1 N–H and O–H groups in total. The number of pyridine rings is 1. The van der Waals surface area contributed by atoms with E-state index in [1.54, 1.807) is 12.3 Å². The number of hydrogen-bond donors (Lipinski definition) is 1. The molecule has 0 aliphatic carbocycles. The van der Waals surface area contributed by atoms with Crippen LogP contribution in [0.1, 0.15) is 12.0 Å². The van der Waals surface area contributed by atoms with Gasteiger partial charge in [-0.2, -0.15) is 13.2 Å². The summed E-state index contributed by atoms with van der Waals surface area (Å²) in [7, 11) is 0. The lowest BCUT2D eigenvalue weighted by Gasteiger charge is -2.39. The van der Waals surface area contributed by atoms with Crippen LogP contribution in [0.25, 0.3) is 0 Å². The van der Waals surface area contributed by atoms with Crippen LogP contribution in [0.5, 0.6) is 0 Å². The highest BCUT2D eigenvalue weighted by molar-refractivity contribution is 5.95. The molecule has 1 fully saturated rings. The fraction of sp³-hybridized carbons (Fsp3) is 0.294. The molecule has 0 saturated carbocycles. The monoisotopic (exact) mass is 348 g/mol. The Bertz CT molecular complexity index is 819. The van der Waals surface area contributed by atoms with Crippen molar-refractivity contribution in [2.45, 2.75) is 18.6 Å². The highest BCUT2D eigenvalue weighted by Crippen LogP contribution is 2.41. The Labute approximate surface area is 142 Å². The lowest BCUT2D eigenvalue weighted by molar-refractivity contribution is -0.137. The van der Waals surface area contributed by atoms with Crippen molar-refractivity contribution in [1.29, 1.82) is 0 Å². The van der Waals surface area contributed by atoms with E-state index in [1.807, 2.05) is 11.0 Å². The maximum Gasteiger partial charge on any atom is 0.416 e. The summed E-state index contributed by atoms with van der Waals surface area (Å²) < 4.78 is 38.4. The van der Waals surface area contributed by atoms with Crippen molar-refractivity contribution in [3.63, 3.8) is 0 Å². The van der Waals surface area contributed by atoms with Crippen molar-refractivity contribution < 1.29 is 18.4 Å². The van der Waals surface area contributed by atoms with E-state index in [2.05, 4.69) is 15.0 Å². The van der Waals surface area contributed by atoms with Crippen molar-refractivity contribution in [1.82, 2.24) is 4.98 Å². The fourth-order valence-corrected chi connectivity index (χ4v) is 3.46. The van der Waals surface area contributed by atoms with Crippen LogP contribution in [-0.2, 0) is 6.18 Å². The number of fused-ring (bicyclic) bond motifs is 3. The zero-order chi connectivity index (χ0) is 17.6. The lowest BCUT2D eigenvalue weighted by atomic mass is 10.1. The number of rotatable bonds is 1. The first-order chi connectivity index (χ1) is 12.0. The molecule has 3 heterocycles. The van der Waals surface area contributed by atoms with Gasteiger partial charge < -0.3 is 15.0 Å². The highest BCUT2D eigenvalue weighted by atomic mass is 19.4. The number of nitrogens with zero attached hydrogens (tertiary/aromatic N) is 4. The van der Waals surface area contributed by atoms with Gasteiger partial charge >= 0.3 is 6.18 Å². The van der Waals surface area contributed by atoms with Gasteiger partial charge in [0.2, 0.25) is 0 Å². The molecular weight excluding hydrogens is 333 g/mol. The molecule has 2 aliphatic rings. The van der Waals surface area contributed by atoms with E-state index in [0.717, 1.165) is 23.6 Å². The minimum atomic E-state index is -4.35. The molecule has 5 nitrogen and oxygen atoms in total. The molecule has 1 saturated heterocycles. The summed E-state index contributed by atoms with van der Waals surface area (Å²) in [5.74, 6) is 0.747. The van der Waals surface area contributed by atoms with Crippen molar-refractivity contribution in [3.8, 4) is 0 Å². The molecule has 0 radical (unpaired) electrons. The number of alkyl halides is 3. The molecule has 0 bridgehead atoms. The van der Waals surface area contributed by atoms with E-state index in [0.29, 0.717) is 30.9 Å². The van der Waals surface area contributed by atoms with E-state index in [1.165, 1.54) is 12.1 Å². The van der Waals surface area contributed by atoms with Crippen LogP contribution < -0.4 is 9.80 Å². The number of aromatic nitrogens is 1. The second-order valence-electron chi connectivity index (χ2n) is 6.15. The summed E-state index contributed by atoms with van der Waals surface area (Å²) in [6, 6.07) is 8.89. The second kappa shape index (κ2) is 5.65. The summed E-state index contributed by atoms with van der Waals surface area (Å²) in [5.41, 5.74) is 1.52. The van der Waals surface area contributed by atoms with Crippen LogP contribution in [0, 0.1) is 0 Å². The molecule has 1 aromatic heterocycles. The number of hydrogen-bond acceptors (Lipinski definition) is 5. The topological polar surface area (TPSA) is 52.0 Å². The Hall–Kier alpha value is -2.77. The molecule has 0 unspecified atom stereocenters. The number of halogens is 3. The normalized spacial score (nSPS) is 21.4. The summed E-state index contributed by atoms with van der Waals surface area (Å²) in [6.07, 6.45) is -2.07. The van der Waals surface area contributed by atoms with Crippen LogP contribution in [0.3, 0.4) is 0 Å². The van der Waals surface area contributed by atoms with Gasteiger partial charge in [-0.25, -0.2) is 4.98 Å². The molecule has 4 rings (SSSR count). The molecule has 1 aromatic carbocycles. The Morgan fingerprint density at radius 2 is 1.92 bits per heavy atom. The quantitative estimate of drug-likeness (QED) is 0.631. The van der Waals surface area contributed by atoms with Gasteiger partial charge in [0.1, 0.15) is 0 Å². The molecule has 25 heavy (non-hydrogen) atoms. The average Bonchev–Trinajstić information content (AvgIpc) is 3.04. The van der Waals surface area contributed by atoms with Gasteiger partial charge in [0, 0.05) is 24.8 Å². The number of anilines is 3. The Balaban J connectivity index is 1.72. The molecule has 130 valence electrons. The summed E-state index contributed by atoms with van der Waals surface area (Å²) in [5, 5.41) is 12.4. The number of oxime groups is 1. The SMILES string of the molecule is ON=C1C[C@@H]2CN(c3ccc(C(F)(F)F)cc3)c3cccnc3N2C1. The summed E-state index contributed by atoms with van der Waals surface area (Å²) >= 11 is 0. The predicted octanol–water partition coefficient (Wildman–Crippen LogP) is 3.66. The Morgan fingerprint density at radius 3 is 2.60 bits per heavy atom. The smallest absolute Gasteiger partial charge is 0.411 e. The second-order valence-corrected chi connectivity index (χ2v) is 6.15. The predicted molar refractivity (Wildman–Crippen MR) is 87.7 cm³/mol. The van der Waals surface area contributed by atoms with E-state index in [9.17, 15) is 13.2 Å². The minimum absolute atomic E-state index is 0.0654. The molecule has 8 heteroatoms. The standard InChI is InChI=1S/C17H15F3N4O/c18-17(19,20)11-3-5-13(6-4-11)23-10-14-8-12(22-25)9-24(14)16-15(23)2-1-7-21-16/h1-7,14,25H,8-10H2/t14-/m1/s1. The van der Waals surface area contributed by atoms with E-state index < -0.39 is 11.7 Å². The first kappa shape index (κ1) is 15.7. The minimum Gasteiger partial charge on any atom is -0.411 e. The van der Waals surface area contributed by atoms with Gasteiger partial charge in [-0.15, -0.1) is 0 Å². The van der Waals surface area contributed by atoms with E-state index >= 15 is 0 Å². The van der Waals surface area contributed by atoms with Gasteiger partial charge in [-0.1, -0.05) is 5.16 Å². The van der Waals surface area contributed by atoms with Crippen molar-refractivity contribution >= 4 is 22.9 Å². The van der Waals surface area contributed by atoms with Crippen LogP contribution >= 0.6 is 0 Å². The highest BCUT2D eigenvalue weighted by Gasteiger charge is 2.38. The van der Waals surface area contributed by atoms with Gasteiger partial charge in [-0.05, 0) is 36.4 Å².